The molecule has 3 heterocycles. The lowest BCUT2D eigenvalue weighted by Gasteiger charge is -2.31. The molecule has 3 aromatic rings. The fourth-order valence-corrected chi connectivity index (χ4v) is 4.05. The first-order chi connectivity index (χ1) is 10.4. The Morgan fingerprint density at radius 1 is 1.23 bits per heavy atom. The Balaban J connectivity index is 2.01. The third-order valence-corrected chi connectivity index (χ3v) is 5.41. The van der Waals surface area contributed by atoms with Crippen LogP contribution in [0, 0.1) is 0 Å². The van der Waals surface area contributed by atoms with Gasteiger partial charge in [-0.15, -0.1) is 0 Å². The van der Waals surface area contributed by atoms with E-state index in [0.717, 1.165) is 27.8 Å². The van der Waals surface area contributed by atoms with E-state index >= 15 is 0 Å². The summed E-state index contributed by atoms with van der Waals surface area (Å²) in [4.78, 5) is 9.05. The molecule has 6 nitrogen and oxygen atoms in total. The highest BCUT2D eigenvalue weighted by Crippen LogP contribution is 2.31. The zero-order valence-corrected chi connectivity index (χ0v) is 13.2. The molecule has 0 saturated heterocycles. The number of imidazole rings is 1. The lowest BCUT2D eigenvalue weighted by Crippen LogP contribution is -2.39. The van der Waals surface area contributed by atoms with Gasteiger partial charge in [0.15, 0.2) is 0 Å². The Labute approximate surface area is 128 Å². The summed E-state index contributed by atoms with van der Waals surface area (Å²) in [5.41, 5.74) is 2.78. The molecule has 0 fully saturated rings. The molecule has 22 heavy (non-hydrogen) atoms. The minimum Gasteiger partial charge on any atom is -0.322 e. The minimum absolute atomic E-state index is 0.0364. The van der Waals surface area contributed by atoms with Crippen molar-refractivity contribution in [3.63, 3.8) is 0 Å². The van der Waals surface area contributed by atoms with E-state index in [9.17, 15) is 8.42 Å². The molecular formula is C15H16N4O2S. The zero-order chi connectivity index (χ0) is 15.5. The van der Waals surface area contributed by atoms with Gasteiger partial charge < -0.3 is 4.57 Å². The van der Waals surface area contributed by atoms with Crippen LogP contribution >= 0.6 is 0 Å². The molecule has 0 amide bonds. The average Bonchev–Trinajstić information content (AvgIpc) is 2.85. The van der Waals surface area contributed by atoms with E-state index in [0.29, 0.717) is 13.1 Å². The van der Waals surface area contributed by atoms with Crippen LogP contribution in [0.5, 0.6) is 0 Å². The summed E-state index contributed by atoms with van der Waals surface area (Å²) in [5, 5.41) is 1.05. The van der Waals surface area contributed by atoms with Gasteiger partial charge in [-0.2, -0.15) is 4.31 Å². The number of hydrogen-bond donors (Lipinski definition) is 0. The normalized spacial score (nSPS) is 19.6. The van der Waals surface area contributed by atoms with Gasteiger partial charge >= 0.3 is 0 Å². The molecule has 1 aliphatic heterocycles. The van der Waals surface area contributed by atoms with E-state index in [2.05, 4.69) is 14.5 Å². The lowest BCUT2D eigenvalue weighted by molar-refractivity contribution is 0.298. The minimum atomic E-state index is -3.22. The van der Waals surface area contributed by atoms with Crippen molar-refractivity contribution in [3.8, 4) is 0 Å². The van der Waals surface area contributed by atoms with Crippen LogP contribution in [0.25, 0.3) is 21.9 Å². The molecule has 0 unspecified atom stereocenters. The first kappa shape index (κ1) is 13.7. The van der Waals surface area contributed by atoms with Crippen LogP contribution in [-0.2, 0) is 16.6 Å². The van der Waals surface area contributed by atoms with Crippen LogP contribution in [-0.4, -0.2) is 40.1 Å². The molecule has 114 valence electrons. The molecule has 0 radical (unpaired) electrons. The van der Waals surface area contributed by atoms with Crippen molar-refractivity contribution >= 4 is 32.0 Å². The summed E-state index contributed by atoms with van der Waals surface area (Å²) in [7, 11) is -3.22. The van der Waals surface area contributed by atoms with Crippen LogP contribution in [0.2, 0.25) is 0 Å². The highest BCUT2D eigenvalue weighted by molar-refractivity contribution is 7.88. The predicted molar refractivity (Wildman–Crippen MR) is 85.0 cm³/mol. The summed E-state index contributed by atoms with van der Waals surface area (Å²) in [5.74, 6) is 0.775. The Bertz CT molecular complexity index is 993. The zero-order valence-electron chi connectivity index (χ0n) is 12.4. The average molecular weight is 316 g/mol. The lowest BCUT2D eigenvalue weighted by atomic mass is 10.1. The van der Waals surface area contributed by atoms with E-state index < -0.39 is 10.0 Å². The molecular weight excluding hydrogens is 300 g/mol. The van der Waals surface area contributed by atoms with Gasteiger partial charge in [0.2, 0.25) is 10.0 Å². The number of aromatic nitrogens is 3. The Morgan fingerprint density at radius 2 is 2.00 bits per heavy atom. The first-order valence-electron chi connectivity index (χ1n) is 7.15. The molecule has 0 saturated carbocycles. The fraction of sp³-hybridized carbons (Fsp3) is 0.333. The molecule has 1 aromatic carbocycles. The Morgan fingerprint density at radius 3 is 2.77 bits per heavy atom. The van der Waals surface area contributed by atoms with Gasteiger partial charge in [0.05, 0.1) is 30.0 Å². The van der Waals surface area contributed by atoms with Crippen LogP contribution in [0.4, 0.5) is 0 Å². The van der Waals surface area contributed by atoms with Gasteiger partial charge in [0, 0.05) is 18.0 Å². The maximum Gasteiger partial charge on any atom is 0.211 e. The van der Waals surface area contributed by atoms with Gasteiger partial charge in [0.1, 0.15) is 11.3 Å². The topological polar surface area (TPSA) is 68.1 Å². The number of sulfonamides is 1. The van der Waals surface area contributed by atoms with Crippen molar-refractivity contribution in [2.75, 3.05) is 12.8 Å². The summed E-state index contributed by atoms with van der Waals surface area (Å²) in [6.45, 7) is 2.80. The van der Waals surface area contributed by atoms with Crippen molar-refractivity contribution in [3.05, 3.63) is 36.3 Å². The second-order valence-electron chi connectivity index (χ2n) is 5.81. The van der Waals surface area contributed by atoms with E-state index in [1.807, 2.05) is 31.2 Å². The van der Waals surface area contributed by atoms with Crippen molar-refractivity contribution < 1.29 is 8.42 Å². The van der Waals surface area contributed by atoms with Crippen LogP contribution in [0.15, 0.2) is 30.5 Å². The van der Waals surface area contributed by atoms with Crippen LogP contribution < -0.4 is 0 Å². The summed E-state index contributed by atoms with van der Waals surface area (Å²) < 4.78 is 27.3. The first-order valence-corrected chi connectivity index (χ1v) is 8.99. The number of para-hydroxylation sites is 1. The van der Waals surface area contributed by atoms with E-state index in [-0.39, 0.29) is 6.04 Å². The number of nitrogens with zero attached hydrogens (tertiary/aromatic N) is 4. The standard InChI is InChI=1S/C15H16N4O2S/c1-10-8-18(22(2,20)21)9-14-17-13-7-16-12-6-4-3-5-11(12)15(13)19(10)14/h3-7,10H,8-9H2,1-2H3/t10-/m0/s1. The number of hydrogen-bond acceptors (Lipinski definition) is 4. The molecule has 0 bridgehead atoms. The third kappa shape index (κ3) is 1.93. The van der Waals surface area contributed by atoms with Crippen LogP contribution in [0.1, 0.15) is 18.8 Å². The maximum absolute atomic E-state index is 11.8. The molecule has 0 spiro atoms. The second kappa shape index (κ2) is 4.50. The van der Waals surface area contributed by atoms with E-state index in [1.54, 1.807) is 6.20 Å². The molecule has 7 heteroatoms. The molecule has 0 N–H and O–H groups in total. The Hall–Kier alpha value is -1.99. The quantitative estimate of drug-likeness (QED) is 0.688. The maximum atomic E-state index is 11.8. The Kier molecular flexibility index (Phi) is 2.79. The van der Waals surface area contributed by atoms with Crippen LogP contribution in [0.3, 0.4) is 0 Å². The monoisotopic (exact) mass is 316 g/mol. The molecule has 2 aromatic heterocycles. The van der Waals surface area contributed by atoms with Gasteiger partial charge in [-0.05, 0) is 13.0 Å². The van der Waals surface area contributed by atoms with Crippen molar-refractivity contribution in [1.29, 1.82) is 0 Å². The number of pyridine rings is 1. The summed E-state index contributed by atoms with van der Waals surface area (Å²) in [6.07, 6.45) is 3.01. The highest BCUT2D eigenvalue weighted by atomic mass is 32.2. The van der Waals surface area contributed by atoms with E-state index in [4.69, 9.17) is 0 Å². The molecule has 4 rings (SSSR count). The number of benzene rings is 1. The van der Waals surface area contributed by atoms with Crippen molar-refractivity contribution in [2.24, 2.45) is 0 Å². The third-order valence-electron chi connectivity index (χ3n) is 4.19. The van der Waals surface area contributed by atoms with E-state index in [1.165, 1.54) is 10.6 Å². The van der Waals surface area contributed by atoms with Crippen molar-refractivity contribution in [1.82, 2.24) is 18.8 Å². The van der Waals surface area contributed by atoms with Gasteiger partial charge in [-0.1, -0.05) is 18.2 Å². The summed E-state index contributed by atoms with van der Waals surface area (Å²) >= 11 is 0. The van der Waals surface area contributed by atoms with Gasteiger partial charge in [-0.3, -0.25) is 4.98 Å². The second-order valence-corrected chi connectivity index (χ2v) is 7.79. The van der Waals surface area contributed by atoms with Gasteiger partial charge in [-0.25, -0.2) is 13.4 Å². The predicted octanol–water partition coefficient (Wildman–Crippen LogP) is 1.92. The highest BCUT2D eigenvalue weighted by Gasteiger charge is 2.30. The molecule has 1 atom stereocenters. The number of rotatable bonds is 1. The smallest absolute Gasteiger partial charge is 0.211 e. The molecule has 1 aliphatic rings. The molecule has 0 aliphatic carbocycles. The summed E-state index contributed by atoms with van der Waals surface area (Å²) in [6, 6.07) is 8.00. The van der Waals surface area contributed by atoms with Gasteiger partial charge in [0.25, 0.3) is 0 Å². The number of fused-ring (bicyclic) bond motifs is 5. The largest absolute Gasteiger partial charge is 0.322 e. The fourth-order valence-electron chi connectivity index (χ4n) is 3.21. The van der Waals surface area contributed by atoms with Crippen molar-refractivity contribution in [2.45, 2.75) is 19.5 Å². The SMILES string of the molecule is C[C@H]1CN(S(C)(=O)=O)Cc2nc3cnc4ccccc4c3n21.